The summed E-state index contributed by atoms with van der Waals surface area (Å²) in [5.41, 5.74) is 0. The van der Waals surface area contributed by atoms with Crippen LogP contribution in [0.2, 0.25) is 0 Å². The molecule has 0 unspecified atom stereocenters. The van der Waals surface area contributed by atoms with Crippen molar-refractivity contribution >= 4 is 29.4 Å². The zero-order valence-corrected chi connectivity index (χ0v) is 21.3. The molecule has 0 saturated heterocycles. The van der Waals surface area contributed by atoms with Gasteiger partial charge in [-0.2, -0.15) is 0 Å². The molecular weight excluding hydrogens is 694 g/mol. The van der Waals surface area contributed by atoms with Crippen molar-refractivity contribution in [2.24, 2.45) is 0 Å². The molecule has 0 aromatic heterocycles. The van der Waals surface area contributed by atoms with E-state index in [0.717, 1.165) is 0 Å². The van der Waals surface area contributed by atoms with Crippen molar-refractivity contribution in [1.82, 2.24) is 0 Å². The van der Waals surface area contributed by atoms with Gasteiger partial charge in [0.25, 0.3) is 0 Å². The summed E-state index contributed by atoms with van der Waals surface area (Å²) in [7, 11) is -4.64. The van der Waals surface area contributed by atoms with Crippen molar-refractivity contribution in [3.63, 3.8) is 0 Å². The largest absolute Gasteiger partial charge is 0.359 e. The first-order chi connectivity index (χ1) is 14.1. The summed E-state index contributed by atoms with van der Waals surface area (Å²) in [6.45, 7) is 0. The molecule has 7 nitrogen and oxygen atoms in total. The number of fused-ring (bicyclic) bond motifs is 2. The Labute approximate surface area is 189 Å². The minimum Gasteiger partial charge on any atom is -0.0616 e. The van der Waals surface area contributed by atoms with E-state index in [4.69, 9.17) is 29.8 Å². The second kappa shape index (κ2) is 11.8. The monoisotopic (exact) mass is 711 g/mol. The van der Waals surface area contributed by atoms with Crippen LogP contribution in [0.3, 0.4) is 0 Å². The molecule has 0 heterocycles. The van der Waals surface area contributed by atoms with Crippen LogP contribution in [-0.2, 0) is 29.0 Å². The van der Waals surface area contributed by atoms with Gasteiger partial charge in [-0.15, -0.1) is 0 Å². The smallest absolute Gasteiger partial charge is 0.0616 e. The van der Waals surface area contributed by atoms with Crippen molar-refractivity contribution in [3.05, 3.63) is 92.1 Å². The van der Waals surface area contributed by atoms with Crippen LogP contribution in [0.4, 0.5) is 0 Å². The van der Waals surface area contributed by atoms with Gasteiger partial charge in [-0.3, -0.25) is 0 Å². The number of hydrogen-bond donors (Lipinski definition) is 3. The maximum Gasteiger partial charge on any atom is 0.359 e. The molecule has 30 heavy (non-hydrogen) atoms. The van der Waals surface area contributed by atoms with E-state index in [0.29, 0.717) is 0 Å². The Balaban J connectivity index is 0.000000304. The van der Waals surface area contributed by atoms with Gasteiger partial charge in [0.2, 0.25) is 7.14 Å². The summed E-state index contributed by atoms with van der Waals surface area (Å²) in [5, 5.41) is 5.49. The van der Waals surface area contributed by atoms with Crippen LogP contribution >= 0.6 is 7.82 Å². The third kappa shape index (κ3) is 8.69. The molecule has 0 bridgehead atoms. The summed E-state index contributed by atoms with van der Waals surface area (Å²) in [4.78, 5) is 21.6. The van der Waals surface area contributed by atoms with Gasteiger partial charge in [0.1, 0.15) is 0 Å². The van der Waals surface area contributed by atoms with Gasteiger partial charge in [-0.05, 0) is 35.0 Å². The minimum atomic E-state index is -4.64. The summed E-state index contributed by atoms with van der Waals surface area (Å²) in [5.74, 6) is 0. The Morgan fingerprint density at radius 1 is 0.667 bits per heavy atom. The minimum absolute atomic E-state index is 0.176. The van der Waals surface area contributed by atoms with Gasteiger partial charge in [0, 0.05) is 10.8 Å². The van der Waals surface area contributed by atoms with Crippen molar-refractivity contribution in [3.8, 4) is 0 Å². The van der Waals surface area contributed by atoms with Gasteiger partial charge in [0.15, 0.2) is 0 Å². The Bertz CT molecular complexity index is 1150. The molecule has 3 N–H and O–H groups in total. The first-order valence-electron chi connectivity index (χ1n) is 8.30. The van der Waals surface area contributed by atoms with Gasteiger partial charge in [0.05, 0.1) is 0 Å². The number of halogens is 1. The van der Waals surface area contributed by atoms with Crippen molar-refractivity contribution in [2.45, 2.75) is 0 Å². The Morgan fingerprint density at radius 3 is 1.33 bits per heavy atom. The molecule has 4 aromatic rings. The molecule has 4 rings (SSSR count). The van der Waals surface area contributed by atoms with E-state index in [2.05, 4.69) is 84.9 Å². The van der Waals surface area contributed by atoms with Gasteiger partial charge < -0.3 is 14.7 Å². The van der Waals surface area contributed by atoms with Crippen molar-refractivity contribution < 1.29 is 68.6 Å². The van der Waals surface area contributed by atoms with E-state index in [1.165, 1.54) is 28.7 Å². The van der Waals surface area contributed by atoms with Gasteiger partial charge in [-0.1, -0.05) is 60.7 Å². The van der Waals surface area contributed by atoms with E-state index in [-0.39, 0.29) is 21.2 Å². The molecule has 0 aliphatic rings. The fourth-order valence-corrected chi connectivity index (χ4v) is 5.61. The summed E-state index contributed by atoms with van der Waals surface area (Å²) >= 11 is -4.45. The summed E-state index contributed by atoms with van der Waals surface area (Å²) in [6, 6.07) is 30.7. The van der Waals surface area contributed by atoms with Crippen LogP contribution in [0.15, 0.2) is 84.9 Å². The Kier molecular flexibility index (Phi) is 9.71. The van der Waals surface area contributed by atoms with Crippen LogP contribution < -0.4 is 25.0 Å². The molecule has 0 spiro atoms. The topological polar surface area (TPSA) is 135 Å². The molecule has 0 saturated carbocycles. The van der Waals surface area contributed by atoms with E-state index < -0.39 is 25.4 Å². The van der Waals surface area contributed by atoms with Crippen LogP contribution in [0.1, 0.15) is 0 Å². The van der Waals surface area contributed by atoms with Crippen LogP contribution in [0.25, 0.3) is 21.5 Å². The number of phosphoric acid groups is 1. The zero-order valence-electron chi connectivity index (χ0n) is 15.3. The zero-order chi connectivity index (χ0) is 22.1. The number of benzene rings is 4. The van der Waals surface area contributed by atoms with E-state index in [1.54, 1.807) is 0 Å². The molecule has 10 heteroatoms. The maximum atomic E-state index is 8.88. The Morgan fingerprint density at radius 2 is 0.967 bits per heavy atom. The maximum absolute atomic E-state index is 8.88. The van der Waals surface area contributed by atoms with Crippen molar-refractivity contribution in [1.29, 1.82) is 0 Å². The fourth-order valence-electron chi connectivity index (χ4n) is 2.65. The Hall–Kier alpha value is -1.51. The molecule has 0 radical (unpaired) electrons. The fraction of sp³-hybridized carbons (Fsp3) is 0. The average molecular weight is 711 g/mol. The predicted octanol–water partition coefficient (Wildman–Crippen LogP) is -0.236. The molecular formula is C20H17IO7PW. The quantitative estimate of drug-likeness (QED) is 0.193. The number of rotatable bonds is 2. The van der Waals surface area contributed by atoms with Crippen molar-refractivity contribution in [2.75, 3.05) is 0 Å². The van der Waals surface area contributed by atoms with Gasteiger partial charge >= 0.3 is 57.2 Å². The standard InChI is InChI=1S/C20H14I.H3O4P.3O.W/c1-3-11-17-15(7-1)9-5-13-19(17)21-20-14-6-10-16-8-2-4-12-18(16)20;1-5(2,3)4;;;;/h1-14H;(H3,1,2,3,4);;;;/q+1;;;;-1;. The molecule has 0 atom stereocenters. The SMILES string of the molecule is O=P(O)(O)O.[O]=[W](=[O])[O-].c1ccc2c([I+]c3cccc4ccccc34)cccc2c1. The van der Waals surface area contributed by atoms with Crippen LogP contribution in [0, 0.1) is 7.14 Å². The third-order valence-electron chi connectivity index (χ3n) is 3.68. The van der Waals surface area contributed by atoms with Gasteiger partial charge in [-0.25, -0.2) is 4.57 Å². The molecule has 0 aliphatic heterocycles. The summed E-state index contributed by atoms with van der Waals surface area (Å²) in [6.07, 6.45) is 0. The third-order valence-corrected chi connectivity index (χ3v) is 6.72. The molecule has 4 aromatic carbocycles. The molecule has 0 fully saturated rings. The normalized spacial score (nSPS) is 10.5. The molecule has 0 aliphatic carbocycles. The van der Waals surface area contributed by atoms with E-state index in [1.807, 2.05) is 0 Å². The predicted molar refractivity (Wildman–Crippen MR) is 101 cm³/mol. The first-order valence-corrected chi connectivity index (χ1v) is 15.6. The van der Waals surface area contributed by atoms with E-state index >= 15 is 0 Å². The molecule has 157 valence electrons. The second-order valence-corrected chi connectivity index (χ2v) is 11.1. The second-order valence-electron chi connectivity index (χ2n) is 5.73. The number of hydrogen-bond acceptors (Lipinski definition) is 4. The first kappa shape index (κ1) is 24.8. The molecule has 0 amide bonds. The average Bonchev–Trinajstić information content (AvgIpc) is 2.67. The summed E-state index contributed by atoms with van der Waals surface area (Å²) < 4.78 is 37.7. The van der Waals surface area contributed by atoms with Crippen LogP contribution in [0.5, 0.6) is 0 Å². The van der Waals surface area contributed by atoms with Crippen LogP contribution in [-0.4, -0.2) is 14.7 Å². The van der Waals surface area contributed by atoms with E-state index in [9.17, 15) is 0 Å².